The average Bonchev–Trinajstić information content (AvgIpc) is 2.78. The third-order valence-electron chi connectivity index (χ3n) is 2.64. The molecule has 0 saturated carbocycles. The van der Waals surface area contributed by atoms with E-state index in [1.807, 2.05) is 20.9 Å². The number of H-pyrrole nitrogens is 1. The first-order chi connectivity index (χ1) is 8.00. The van der Waals surface area contributed by atoms with Crippen molar-refractivity contribution in [2.45, 2.75) is 13.8 Å². The van der Waals surface area contributed by atoms with Crippen LogP contribution in [0.5, 0.6) is 0 Å². The molecule has 7 heteroatoms. The van der Waals surface area contributed by atoms with Crippen molar-refractivity contribution < 1.29 is 4.79 Å². The van der Waals surface area contributed by atoms with Crippen molar-refractivity contribution in [3.63, 3.8) is 0 Å². The summed E-state index contributed by atoms with van der Waals surface area (Å²) < 4.78 is 1.71. The molecule has 0 aliphatic heterocycles. The Morgan fingerprint density at radius 2 is 2.24 bits per heavy atom. The smallest absolute Gasteiger partial charge is 0.275 e. The second kappa shape index (κ2) is 3.93. The van der Waals surface area contributed by atoms with Gasteiger partial charge in [-0.1, -0.05) is 0 Å². The van der Waals surface area contributed by atoms with Crippen LogP contribution in [-0.4, -0.2) is 25.9 Å². The zero-order valence-corrected chi connectivity index (χ0v) is 9.90. The molecule has 0 radical (unpaired) electrons. The first kappa shape index (κ1) is 11.2. The molecule has 2 heterocycles. The molecule has 2 aromatic heterocycles. The predicted molar refractivity (Wildman–Crippen MR) is 63.6 cm³/mol. The quantitative estimate of drug-likeness (QED) is 0.707. The van der Waals surface area contributed by atoms with E-state index in [2.05, 4.69) is 20.6 Å². The number of carbonyl (C=O) groups is 1. The molecule has 0 atom stereocenters. The maximum absolute atomic E-state index is 11.9. The van der Waals surface area contributed by atoms with Gasteiger partial charge in [-0.15, -0.1) is 0 Å². The number of anilines is 2. The summed E-state index contributed by atoms with van der Waals surface area (Å²) in [5.74, 6) is -0.320. The van der Waals surface area contributed by atoms with E-state index in [4.69, 9.17) is 5.73 Å². The summed E-state index contributed by atoms with van der Waals surface area (Å²) in [7, 11) is 1.82. The second-order valence-electron chi connectivity index (χ2n) is 3.82. The molecule has 2 rings (SSSR count). The van der Waals surface area contributed by atoms with Crippen molar-refractivity contribution >= 4 is 17.3 Å². The topological polar surface area (TPSA) is 102 Å². The van der Waals surface area contributed by atoms with E-state index in [1.165, 1.54) is 6.20 Å². The lowest BCUT2D eigenvalue weighted by molar-refractivity contribution is 0.102. The molecular formula is C10H14N6O. The Labute approximate surface area is 98.0 Å². The number of amides is 1. The van der Waals surface area contributed by atoms with Crippen LogP contribution < -0.4 is 11.1 Å². The normalized spacial score (nSPS) is 10.5. The van der Waals surface area contributed by atoms with E-state index in [9.17, 15) is 4.79 Å². The van der Waals surface area contributed by atoms with Crippen LogP contribution in [0.1, 0.15) is 21.9 Å². The van der Waals surface area contributed by atoms with Crippen LogP contribution in [0.15, 0.2) is 6.20 Å². The lowest BCUT2D eigenvalue weighted by Gasteiger charge is -2.04. The molecule has 90 valence electrons. The van der Waals surface area contributed by atoms with Gasteiger partial charge in [0.1, 0.15) is 5.69 Å². The number of nitrogens with two attached hydrogens (primary N) is 1. The summed E-state index contributed by atoms with van der Waals surface area (Å²) in [5, 5.41) is 13.2. The number of hydrogen-bond donors (Lipinski definition) is 3. The van der Waals surface area contributed by atoms with Crippen molar-refractivity contribution in [2.75, 3.05) is 11.1 Å². The summed E-state index contributed by atoms with van der Waals surface area (Å²) >= 11 is 0. The minimum absolute atomic E-state index is 0.257. The number of aryl methyl sites for hydroxylation is 2. The van der Waals surface area contributed by atoms with Crippen LogP contribution in [-0.2, 0) is 7.05 Å². The van der Waals surface area contributed by atoms with Crippen LogP contribution >= 0.6 is 0 Å². The van der Waals surface area contributed by atoms with Crippen molar-refractivity contribution in [1.82, 2.24) is 20.0 Å². The summed E-state index contributed by atoms with van der Waals surface area (Å²) in [4.78, 5) is 11.9. The highest BCUT2D eigenvalue weighted by Crippen LogP contribution is 2.19. The van der Waals surface area contributed by atoms with Crippen LogP contribution in [0.3, 0.4) is 0 Å². The van der Waals surface area contributed by atoms with E-state index in [1.54, 1.807) is 4.68 Å². The van der Waals surface area contributed by atoms with Gasteiger partial charge in [-0.2, -0.15) is 10.2 Å². The van der Waals surface area contributed by atoms with Gasteiger partial charge >= 0.3 is 0 Å². The molecule has 0 unspecified atom stereocenters. The maximum atomic E-state index is 11.9. The Hall–Kier alpha value is -2.31. The fourth-order valence-corrected chi connectivity index (χ4v) is 1.61. The van der Waals surface area contributed by atoms with Crippen LogP contribution in [0.25, 0.3) is 0 Å². The summed E-state index contributed by atoms with van der Waals surface area (Å²) in [6.07, 6.45) is 1.40. The minimum atomic E-state index is -0.320. The first-order valence-corrected chi connectivity index (χ1v) is 5.11. The highest BCUT2D eigenvalue weighted by molar-refractivity contribution is 6.06. The fraction of sp³-hybridized carbons (Fsp3) is 0.300. The van der Waals surface area contributed by atoms with E-state index in [-0.39, 0.29) is 11.6 Å². The van der Waals surface area contributed by atoms with Crippen molar-refractivity contribution in [3.05, 3.63) is 23.3 Å². The maximum Gasteiger partial charge on any atom is 0.275 e. The van der Waals surface area contributed by atoms with E-state index in [0.717, 1.165) is 11.4 Å². The Bertz CT molecular complexity index is 567. The number of hydrogen-bond acceptors (Lipinski definition) is 4. The van der Waals surface area contributed by atoms with Gasteiger partial charge in [-0.3, -0.25) is 14.6 Å². The third-order valence-corrected chi connectivity index (χ3v) is 2.64. The van der Waals surface area contributed by atoms with E-state index in [0.29, 0.717) is 11.4 Å². The summed E-state index contributed by atoms with van der Waals surface area (Å²) in [6.45, 7) is 3.71. The fourth-order valence-electron chi connectivity index (χ4n) is 1.61. The molecule has 7 nitrogen and oxygen atoms in total. The van der Waals surface area contributed by atoms with Crippen LogP contribution in [0, 0.1) is 13.8 Å². The van der Waals surface area contributed by atoms with Crippen molar-refractivity contribution in [1.29, 1.82) is 0 Å². The number of carbonyl (C=O) groups excluding carboxylic acids is 1. The zero-order chi connectivity index (χ0) is 12.6. The highest BCUT2D eigenvalue weighted by Gasteiger charge is 2.16. The summed E-state index contributed by atoms with van der Waals surface area (Å²) in [6, 6.07) is 0. The van der Waals surface area contributed by atoms with Gasteiger partial charge in [0.15, 0.2) is 0 Å². The van der Waals surface area contributed by atoms with Gasteiger partial charge in [-0.05, 0) is 13.8 Å². The van der Waals surface area contributed by atoms with Crippen LogP contribution in [0.2, 0.25) is 0 Å². The van der Waals surface area contributed by atoms with Crippen molar-refractivity contribution in [2.24, 2.45) is 7.05 Å². The molecule has 2 aromatic rings. The molecule has 0 saturated heterocycles. The number of nitrogens with one attached hydrogen (secondary N) is 2. The van der Waals surface area contributed by atoms with Gasteiger partial charge in [0, 0.05) is 7.05 Å². The monoisotopic (exact) mass is 234 g/mol. The van der Waals surface area contributed by atoms with Gasteiger partial charge in [-0.25, -0.2) is 0 Å². The minimum Gasteiger partial charge on any atom is -0.396 e. The number of aromatic nitrogens is 4. The highest BCUT2D eigenvalue weighted by atomic mass is 16.2. The Morgan fingerprint density at radius 1 is 1.53 bits per heavy atom. The lowest BCUT2D eigenvalue weighted by atomic mass is 10.3. The molecule has 1 amide bonds. The van der Waals surface area contributed by atoms with Gasteiger partial charge in [0.2, 0.25) is 0 Å². The van der Waals surface area contributed by atoms with E-state index < -0.39 is 0 Å². The first-order valence-electron chi connectivity index (χ1n) is 5.11. The zero-order valence-electron chi connectivity index (χ0n) is 9.90. The molecule has 17 heavy (non-hydrogen) atoms. The average molecular weight is 234 g/mol. The Morgan fingerprint density at radius 3 is 2.71 bits per heavy atom. The second-order valence-corrected chi connectivity index (χ2v) is 3.82. The van der Waals surface area contributed by atoms with Gasteiger partial charge in [0.25, 0.3) is 5.91 Å². The lowest BCUT2D eigenvalue weighted by Crippen LogP contribution is -2.15. The molecule has 0 fully saturated rings. The Balaban J connectivity index is 2.28. The summed E-state index contributed by atoms with van der Waals surface area (Å²) in [5.41, 5.74) is 8.52. The number of nitrogens with zero attached hydrogens (tertiary/aromatic N) is 3. The van der Waals surface area contributed by atoms with Gasteiger partial charge < -0.3 is 11.1 Å². The number of rotatable bonds is 2. The molecule has 0 aromatic carbocycles. The largest absolute Gasteiger partial charge is 0.396 e. The number of aromatic amines is 1. The van der Waals surface area contributed by atoms with Gasteiger partial charge in [0.05, 0.1) is 29.0 Å². The molecule has 0 spiro atoms. The van der Waals surface area contributed by atoms with Crippen LogP contribution in [0.4, 0.5) is 11.4 Å². The third kappa shape index (κ3) is 1.86. The molecule has 0 bridgehead atoms. The Kier molecular flexibility index (Phi) is 2.58. The standard InChI is InChI=1S/C10H14N6O/c1-5-8(6(2)16(3)15-5)13-10(17)9-7(11)4-12-14-9/h4H,11H2,1-3H3,(H,12,14)(H,13,17). The molecule has 0 aliphatic carbocycles. The molecular weight excluding hydrogens is 220 g/mol. The van der Waals surface area contributed by atoms with Crippen molar-refractivity contribution in [3.8, 4) is 0 Å². The number of nitrogen functional groups attached to an aromatic ring is 1. The van der Waals surface area contributed by atoms with E-state index >= 15 is 0 Å². The predicted octanol–water partition coefficient (Wildman–Crippen LogP) is 0.595. The SMILES string of the molecule is Cc1nn(C)c(C)c1NC(=O)c1[nH]ncc1N. The molecule has 4 N–H and O–H groups in total. The molecule has 0 aliphatic rings.